The molecule has 0 N–H and O–H groups in total. The van der Waals surface area contributed by atoms with Gasteiger partial charge in [0.15, 0.2) is 5.65 Å². The summed E-state index contributed by atoms with van der Waals surface area (Å²) in [6.45, 7) is 5.75. The van der Waals surface area contributed by atoms with E-state index in [9.17, 15) is 0 Å². The minimum Gasteiger partial charge on any atom is -0.372 e. The monoisotopic (exact) mass is 343 g/mol. The molecule has 3 aromatic rings. The first-order chi connectivity index (χ1) is 11.6. The zero-order chi connectivity index (χ0) is 16.7. The van der Waals surface area contributed by atoms with Crippen LogP contribution in [0.1, 0.15) is 13.8 Å². The number of morpholine rings is 1. The summed E-state index contributed by atoms with van der Waals surface area (Å²) >= 11 is 6.31. The van der Waals surface area contributed by atoms with E-state index < -0.39 is 0 Å². The number of ether oxygens (including phenoxy) is 1. The van der Waals surface area contributed by atoms with E-state index >= 15 is 0 Å². The molecule has 4 rings (SSSR count). The molecule has 6 nitrogen and oxygen atoms in total. The molecular formula is C17H18ClN5O. The quantitative estimate of drug-likeness (QED) is 0.715. The van der Waals surface area contributed by atoms with E-state index in [4.69, 9.17) is 16.3 Å². The molecule has 1 saturated heterocycles. The molecule has 0 aliphatic carbocycles. The van der Waals surface area contributed by atoms with E-state index in [2.05, 4.69) is 33.8 Å². The predicted molar refractivity (Wildman–Crippen MR) is 93.9 cm³/mol. The highest BCUT2D eigenvalue weighted by Gasteiger charge is 2.25. The van der Waals surface area contributed by atoms with Crippen LogP contribution in [-0.4, -0.2) is 45.0 Å². The van der Waals surface area contributed by atoms with E-state index in [1.54, 1.807) is 17.2 Å². The average Bonchev–Trinajstić information content (AvgIpc) is 2.98. The molecular weight excluding hydrogens is 326 g/mol. The van der Waals surface area contributed by atoms with Gasteiger partial charge >= 0.3 is 0 Å². The molecule has 124 valence electrons. The Kier molecular flexibility index (Phi) is 3.86. The summed E-state index contributed by atoms with van der Waals surface area (Å²) in [5.74, 6) is 0.889. The van der Waals surface area contributed by atoms with Crippen LogP contribution < -0.4 is 4.90 Å². The lowest BCUT2D eigenvalue weighted by Gasteiger charge is -2.36. The van der Waals surface area contributed by atoms with Gasteiger partial charge in [0.05, 0.1) is 34.5 Å². The standard InChI is InChI=1S/C17H18ClN5O/c1-11-8-22(9-12(2)24-11)16-13-7-21-23(17(13)20-10-19-16)15-6-4-3-5-14(15)18/h3-7,10-12H,8-9H2,1-2H3/t11-,12-/m1/s1. The van der Waals surface area contributed by atoms with Crippen LogP contribution in [0.25, 0.3) is 16.7 Å². The fourth-order valence-electron chi connectivity index (χ4n) is 3.23. The van der Waals surface area contributed by atoms with Crippen LogP contribution in [0.5, 0.6) is 0 Å². The van der Waals surface area contributed by atoms with Crippen molar-refractivity contribution in [3.8, 4) is 5.69 Å². The summed E-state index contributed by atoms with van der Waals surface area (Å²) in [5, 5.41) is 6.04. The van der Waals surface area contributed by atoms with Crippen LogP contribution >= 0.6 is 11.6 Å². The number of aromatic nitrogens is 4. The van der Waals surface area contributed by atoms with Gasteiger partial charge in [-0.1, -0.05) is 23.7 Å². The van der Waals surface area contributed by atoms with Crippen LogP contribution in [0.3, 0.4) is 0 Å². The second-order valence-electron chi connectivity index (χ2n) is 6.10. The lowest BCUT2D eigenvalue weighted by Crippen LogP contribution is -2.45. The molecule has 1 aliphatic heterocycles. The fourth-order valence-corrected chi connectivity index (χ4v) is 3.45. The molecule has 3 heterocycles. The summed E-state index contributed by atoms with van der Waals surface area (Å²) in [6.07, 6.45) is 3.71. The first-order valence-electron chi connectivity index (χ1n) is 7.97. The van der Waals surface area contributed by atoms with E-state index in [1.165, 1.54) is 0 Å². The van der Waals surface area contributed by atoms with Gasteiger partial charge in [0.25, 0.3) is 0 Å². The van der Waals surface area contributed by atoms with Crippen LogP contribution in [0.4, 0.5) is 5.82 Å². The molecule has 1 aliphatic rings. The van der Waals surface area contributed by atoms with Gasteiger partial charge in [-0.05, 0) is 26.0 Å². The zero-order valence-corrected chi connectivity index (χ0v) is 14.3. The predicted octanol–water partition coefficient (Wildman–Crippen LogP) is 3.08. The first-order valence-corrected chi connectivity index (χ1v) is 8.35. The molecule has 24 heavy (non-hydrogen) atoms. The SMILES string of the molecule is C[C@@H]1CN(c2ncnc3c2cnn3-c2ccccc2Cl)C[C@@H](C)O1. The van der Waals surface area contributed by atoms with Gasteiger partial charge in [-0.25, -0.2) is 14.6 Å². The summed E-state index contributed by atoms with van der Waals surface area (Å²) in [7, 11) is 0. The van der Waals surface area contributed by atoms with Crippen molar-refractivity contribution in [2.24, 2.45) is 0 Å². The van der Waals surface area contributed by atoms with Crippen LogP contribution in [0.15, 0.2) is 36.8 Å². The Morgan fingerprint density at radius 1 is 1.12 bits per heavy atom. The number of para-hydroxylation sites is 1. The molecule has 2 aromatic heterocycles. The summed E-state index contributed by atoms with van der Waals surface area (Å²) < 4.78 is 7.58. The Hall–Kier alpha value is -2.18. The van der Waals surface area contributed by atoms with Gasteiger partial charge < -0.3 is 9.64 Å². The van der Waals surface area contributed by atoms with E-state index in [0.717, 1.165) is 35.6 Å². The Balaban J connectivity index is 1.81. The van der Waals surface area contributed by atoms with Crippen molar-refractivity contribution >= 4 is 28.5 Å². The average molecular weight is 344 g/mol. The Labute approximate surface area is 145 Å². The van der Waals surface area contributed by atoms with E-state index in [-0.39, 0.29) is 12.2 Å². The van der Waals surface area contributed by atoms with Crippen molar-refractivity contribution in [3.63, 3.8) is 0 Å². The zero-order valence-electron chi connectivity index (χ0n) is 13.6. The van der Waals surface area contributed by atoms with Gasteiger partial charge in [-0.15, -0.1) is 0 Å². The molecule has 0 amide bonds. The summed E-state index contributed by atoms with van der Waals surface area (Å²) in [5.41, 5.74) is 1.56. The van der Waals surface area contributed by atoms with Gasteiger partial charge in [0, 0.05) is 13.1 Å². The smallest absolute Gasteiger partial charge is 0.168 e. The van der Waals surface area contributed by atoms with Crippen LogP contribution in [-0.2, 0) is 4.74 Å². The molecule has 2 atom stereocenters. The van der Waals surface area contributed by atoms with E-state index in [0.29, 0.717) is 5.02 Å². The minimum atomic E-state index is 0.164. The molecule has 1 aromatic carbocycles. The van der Waals surface area contributed by atoms with Gasteiger partial charge in [-0.3, -0.25) is 0 Å². The lowest BCUT2D eigenvalue weighted by molar-refractivity contribution is -0.00537. The topological polar surface area (TPSA) is 56.1 Å². The van der Waals surface area contributed by atoms with Crippen LogP contribution in [0, 0.1) is 0 Å². The van der Waals surface area contributed by atoms with Crippen molar-refractivity contribution in [1.29, 1.82) is 0 Å². The summed E-state index contributed by atoms with van der Waals surface area (Å²) in [6, 6.07) is 7.60. The highest BCUT2D eigenvalue weighted by molar-refractivity contribution is 6.32. The first kappa shape index (κ1) is 15.4. The van der Waals surface area contributed by atoms with E-state index in [1.807, 2.05) is 24.3 Å². The molecule has 0 radical (unpaired) electrons. The molecule has 0 bridgehead atoms. The molecule has 0 saturated carbocycles. The maximum absolute atomic E-state index is 6.31. The molecule has 1 fully saturated rings. The number of fused-ring (bicyclic) bond motifs is 1. The van der Waals surface area contributed by atoms with Gasteiger partial charge in [-0.2, -0.15) is 5.10 Å². The third-order valence-electron chi connectivity index (χ3n) is 4.14. The Morgan fingerprint density at radius 3 is 2.62 bits per heavy atom. The lowest BCUT2D eigenvalue weighted by atomic mass is 10.2. The second-order valence-corrected chi connectivity index (χ2v) is 6.51. The number of hydrogen-bond donors (Lipinski definition) is 0. The van der Waals surface area contributed by atoms with Crippen molar-refractivity contribution < 1.29 is 4.74 Å². The number of benzene rings is 1. The third-order valence-corrected chi connectivity index (χ3v) is 4.46. The number of anilines is 1. The minimum absolute atomic E-state index is 0.164. The van der Waals surface area contributed by atoms with Gasteiger partial charge in [0.2, 0.25) is 0 Å². The Bertz CT molecular complexity index is 870. The van der Waals surface area contributed by atoms with Crippen molar-refractivity contribution in [2.75, 3.05) is 18.0 Å². The number of rotatable bonds is 2. The normalized spacial score (nSPS) is 21.4. The third kappa shape index (κ3) is 2.61. The fraction of sp³-hybridized carbons (Fsp3) is 0.353. The molecule has 7 heteroatoms. The van der Waals surface area contributed by atoms with Gasteiger partial charge in [0.1, 0.15) is 12.1 Å². The van der Waals surface area contributed by atoms with Crippen LogP contribution in [0.2, 0.25) is 5.02 Å². The number of nitrogens with zero attached hydrogens (tertiary/aromatic N) is 5. The maximum atomic E-state index is 6.31. The Morgan fingerprint density at radius 2 is 1.88 bits per heavy atom. The molecule has 0 unspecified atom stereocenters. The number of halogens is 1. The molecule has 0 spiro atoms. The second kappa shape index (κ2) is 6.03. The largest absolute Gasteiger partial charge is 0.372 e. The summed E-state index contributed by atoms with van der Waals surface area (Å²) in [4.78, 5) is 11.2. The van der Waals surface area contributed by atoms with Crippen molar-refractivity contribution in [2.45, 2.75) is 26.1 Å². The maximum Gasteiger partial charge on any atom is 0.168 e. The van der Waals surface area contributed by atoms with Crippen molar-refractivity contribution in [1.82, 2.24) is 19.7 Å². The van der Waals surface area contributed by atoms with Crippen molar-refractivity contribution in [3.05, 3.63) is 41.8 Å². The highest BCUT2D eigenvalue weighted by atomic mass is 35.5. The highest BCUT2D eigenvalue weighted by Crippen LogP contribution is 2.28. The number of hydrogen-bond acceptors (Lipinski definition) is 5.